The summed E-state index contributed by atoms with van der Waals surface area (Å²) in [7, 11) is 0. The number of rotatable bonds is 3. The molecule has 0 bridgehead atoms. The van der Waals surface area contributed by atoms with Gasteiger partial charge in [-0.15, -0.1) is 0 Å². The topological polar surface area (TPSA) is 49.4 Å². The Morgan fingerprint density at radius 3 is 2.00 bits per heavy atom. The van der Waals surface area contributed by atoms with Crippen LogP contribution in [0.25, 0.3) is 0 Å². The molecule has 0 aromatic rings. The predicted octanol–water partition coefficient (Wildman–Crippen LogP) is -0.00910. The van der Waals surface area contributed by atoms with Crippen LogP contribution in [0.5, 0.6) is 0 Å². The average Bonchev–Trinajstić information content (AvgIpc) is 2.07. The number of carbonyl (C=O) groups excluding carboxylic acids is 2. The highest BCUT2D eigenvalue weighted by molar-refractivity contribution is 6.34. The summed E-state index contributed by atoms with van der Waals surface area (Å²) in [6.07, 6.45) is 0. The molecular weight excluding hydrogens is 156 g/mol. The normalized spacial score (nSPS) is 9.25. The van der Waals surface area contributed by atoms with Gasteiger partial charge in [-0.1, -0.05) is 0 Å². The molecule has 0 aliphatic carbocycles. The number of nitrogens with one attached hydrogen (secondary N) is 1. The van der Waals surface area contributed by atoms with Crippen molar-refractivity contribution in [2.75, 3.05) is 19.6 Å². The van der Waals surface area contributed by atoms with Crippen molar-refractivity contribution in [3.8, 4) is 0 Å². The molecule has 4 nitrogen and oxygen atoms in total. The zero-order valence-electron chi connectivity index (χ0n) is 7.89. The van der Waals surface area contributed by atoms with Crippen LogP contribution in [-0.4, -0.2) is 36.3 Å². The third-order valence-electron chi connectivity index (χ3n) is 1.58. The zero-order valence-corrected chi connectivity index (χ0v) is 7.89. The van der Waals surface area contributed by atoms with E-state index in [-0.39, 0.29) is 0 Å². The minimum Gasteiger partial charge on any atom is -0.348 e. The minimum absolute atomic E-state index is 0.443. The number of carbonyl (C=O) groups is 2. The van der Waals surface area contributed by atoms with Crippen LogP contribution in [0.1, 0.15) is 20.8 Å². The van der Waals surface area contributed by atoms with Crippen LogP contribution in [0, 0.1) is 0 Å². The van der Waals surface area contributed by atoms with E-state index in [2.05, 4.69) is 5.32 Å². The molecule has 0 heterocycles. The van der Waals surface area contributed by atoms with E-state index >= 15 is 0 Å². The van der Waals surface area contributed by atoms with Gasteiger partial charge in [0, 0.05) is 19.6 Å². The van der Waals surface area contributed by atoms with Gasteiger partial charge in [-0.2, -0.15) is 0 Å². The number of amides is 2. The van der Waals surface area contributed by atoms with E-state index in [1.165, 1.54) is 4.90 Å². The molecular formula is C8H16N2O2. The quantitative estimate of drug-likeness (QED) is 0.609. The second-order valence-electron chi connectivity index (χ2n) is 2.34. The first kappa shape index (κ1) is 10.9. The van der Waals surface area contributed by atoms with E-state index in [0.717, 1.165) is 0 Å². The minimum atomic E-state index is -0.513. The van der Waals surface area contributed by atoms with Gasteiger partial charge in [0.25, 0.3) is 0 Å². The lowest BCUT2D eigenvalue weighted by molar-refractivity contribution is -0.145. The number of hydrogen-bond acceptors (Lipinski definition) is 2. The summed E-state index contributed by atoms with van der Waals surface area (Å²) in [6.45, 7) is 7.12. The van der Waals surface area contributed by atoms with Crippen molar-refractivity contribution < 1.29 is 9.59 Å². The first-order valence-corrected chi connectivity index (χ1v) is 4.24. The molecule has 0 aliphatic heterocycles. The van der Waals surface area contributed by atoms with Crippen LogP contribution in [0.4, 0.5) is 0 Å². The van der Waals surface area contributed by atoms with Crippen molar-refractivity contribution in [1.82, 2.24) is 10.2 Å². The second kappa shape index (κ2) is 5.57. The predicted molar refractivity (Wildman–Crippen MR) is 46.6 cm³/mol. The van der Waals surface area contributed by atoms with Gasteiger partial charge in [0.05, 0.1) is 0 Å². The molecule has 0 fully saturated rings. The van der Waals surface area contributed by atoms with E-state index in [4.69, 9.17) is 0 Å². The molecule has 1 N–H and O–H groups in total. The van der Waals surface area contributed by atoms with Gasteiger partial charge in [-0.3, -0.25) is 9.59 Å². The van der Waals surface area contributed by atoms with Crippen LogP contribution in [0.2, 0.25) is 0 Å². The van der Waals surface area contributed by atoms with Crippen molar-refractivity contribution in [3.63, 3.8) is 0 Å². The van der Waals surface area contributed by atoms with E-state index < -0.39 is 11.8 Å². The molecule has 0 aliphatic rings. The molecule has 0 saturated heterocycles. The maximum atomic E-state index is 11.2. The highest BCUT2D eigenvalue weighted by Crippen LogP contribution is 1.88. The summed E-state index contributed by atoms with van der Waals surface area (Å²) in [4.78, 5) is 23.7. The smallest absolute Gasteiger partial charge is 0.311 e. The third kappa shape index (κ3) is 2.90. The Bertz CT molecular complexity index is 164. The maximum absolute atomic E-state index is 11.2. The fourth-order valence-corrected chi connectivity index (χ4v) is 0.891. The van der Waals surface area contributed by atoms with Gasteiger partial charge in [-0.25, -0.2) is 0 Å². The molecule has 0 saturated carbocycles. The number of hydrogen-bond donors (Lipinski definition) is 1. The molecule has 2 amide bonds. The summed E-state index contributed by atoms with van der Waals surface area (Å²) in [5.41, 5.74) is 0. The summed E-state index contributed by atoms with van der Waals surface area (Å²) in [5.74, 6) is -0.956. The van der Waals surface area contributed by atoms with E-state index in [1.807, 2.05) is 13.8 Å². The van der Waals surface area contributed by atoms with Gasteiger partial charge in [0.15, 0.2) is 0 Å². The van der Waals surface area contributed by atoms with Crippen molar-refractivity contribution in [3.05, 3.63) is 0 Å². The molecule has 0 unspecified atom stereocenters. The van der Waals surface area contributed by atoms with Gasteiger partial charge in [0.2, 0.25) is 0 Å². The second-order valence-corrected chi connectivity index (χ2v) is 2.34. The van der Waals surface area contributed by atoms with Crippen LogP contribution in [0.3, 0.4) is 0 Å². The van der Waals surface area contributed by atoms with Crippen molar-refractivity contribution >= 4 is 11.8 Å². The van der Waals surface area contributed by atoms with Crippen molar-refractivity contribution in [2.45, 2.75) is 20.8 Å². The molecule has 0 spiro atoms. The van der Waals surface area contributed by atoms with Crippen molar-refractivity contribution in [2.24, 2.45) is 0 Å². The molecule has 0 atom stereocenters. The molecule has 12 heavy (non-hydrogen) atoms. The molecule has 0 aromatic carbocycles. The first-order chi connectivity index (χ1) is 5.67. The Balaban J connectivity index is 4.07. The molecule has 0 rings (SSSR count). The maximum Gasteiger partial charge on any atom is 0.311 e. The van der Waals surface area contributed by atoms with E-state index in [0.29, 0.717) is 19.6 Å². The van der Waals surface area contributed by atoms with Crippen molar-refractivity contribution in [1.29, 1.82) is 0 Å². The SMILES string of the molecule is CCNC(=O)C(=O)N(CC)CC. The zero-order chi connectivity index (χ0) is 9.56. The largest absolute Gasteiger partial charge is 0.348 e. The summed E-state index contributed by atoms with van der Waals surface area (Å²) in [5, 5.41) is 2.46. The monoisotopic (exact) mass is 172 g/mol. The van der Waals surface area contributed by atoms with Crippen LogP contribution < -0.4 is 5.32 Å². The van der Waals surface area contributed by atoms with Crippen LogP contribution >= 0.6 is 0 Å². The Hall–Kier alpha value is -1.06. The Morgan fingerprint density at radius 1 is 1.17 bits per heavy atom. The fraction of sp³-hybridized carbons (Fsp3) is 0.750. The fourth-order valence-electron chi connectivity index (χ4n) is 0.891. The van der Waals surface area contributed by atoms with Gasteiger partial charge in [0.1, 0.15) is 0 Å². The molecule has 0 radical (unpaired) electrons. The van der Waals surface area contributed by atoms with E-state index in [1.54, 1.807) is 6.92 Å². The summed E-state index contributed by atoms with van der Waals surface area (Å²) >= 11 is 0. The lowest BCUT2D eigenvalue weighted by Crippen LogP contribution is -2.42. The van der Waals surface area contributed by atoms with Gasteiger partial charge in [-0.05, 0) is 20.8 Å². The first-order valence-electron chi connectivity index (χ1n) is 4.24. The van der Waals surface area contributed by atoms with Crippen LogP contribution in [0.15, 0.2) is 0 Å². The number of nitrogens with zero attached hydrogens (tertiary/aromatic N) is 1. The number of likely N-dealkylation sites (N-methyl/N-ethyl adjacent to an activating group) is 2. The Kier molecular flexibility index (Phi) is 5.08. The van der Waals surface area contributed by atoms with E-state index in [9.17, 15) is 9.59 Å². The third-order valence-corrected chi connectivity index (χ3v) is 1.58. The van der Waals surface area contributed by atoms with Crippen LogP contribution in [-0.2, 0) is 9.59 Å². The average molecular weight is 172 g/mol. The Labute approximate surface area is 72.9 Å². The molecule has 70 valence electrons. The molecule has 0 aromatic heterocycles. The van der Waals surface area contributed by atoms with Gasteiger partial charge >= 0.3 is 11.8 Å². The lowest BCUT2D eigenvalue weighted by atomic mass is 10.4. The summed E-state index contributed by atoms with van der Waals surface area (Å²) in [6, 6.07) is 0. The Morgan fingerprint density at radius 2 is 1.67 bits per heavy atom. The van der Waals surface area contributed by atoms with Gasteiger partial charge < -0.3 is 10.2 Å². The highest BCUT2D eigenvalue weighted by atomic mass is 16.2. The molecule has 4 heteroatoms. The summed E-state index contributed by atoms with van der Waals surface area (Å²) < 4.78 is 0. The highest BCUT2D eigenvalue weighted by Gasteiger charge is 2.17. The standard InChI is InChI=1S/C8H16N2O2/c1-4-9-7(11)8(12)10(5-2)6-3/h4-6H2,1-3H3,(H,9,11). The lowest BCUT2D eigenvalue weighted by Gasteiger charge is -2.17.